The van der Waals surface area contributed by atoms with Gasteiger partial charge in [0.15, 0.2) is 0 Å². The first kappa shape index (κ1) is 7.25. The fraction of sp³-hybridized carbons (Fsp3) is 0.250. The molecule has 1 atom stereocenters. The zero-order chi connectivity index (χ0) is 7.40. The zero-order valence-electron chi connectivity index (χ0n) is 5.86. The third-order valence-electron chi connectivity index (χ3n) is 1.46. The molecule has 0 amide bonds. The van der Waals surface area contributed by atoms with Gasteiger partial charge in [-0.3, -0.25) is 0 Å². The third-order valence-corrected chi connectivity index (χ3v) is 1.46. The molecule has 1 rings (SSSR count). The van der Waals surface area contributed by atoms with Gasteiger partial charge < -0.3 is 0 Å². The van der Waals surface area contributed by atoms with E-state index in [-0.39, 0.29) is 6.04 Å². The van der Waals surface area contributed by atoms with Crippen LogP contribution in [0.5, 0.6) is 0 Å². The van der Waals surface area contributed by atoms with E-state index in [0.29, 0.717) is 0 Å². The van der Waals surface area contributed by atoms with Crippen LogP contribution in [0.1, 0.15) is 18.5 Å². The Morgan fingerprint density at radius 2 is 1.90 bits per heavy atom. The lowest BCUT2D eigenvalue weighted by Crippen LogP contribution is -2.06. The van der Waals surface area contributed by atoms with Crippen molar-refractivity contribution < 1.29 is 0 Å². The lowest BCUT2D eigenvalue weighted by molar-refractivity contribution is 0.570. The Morgan fingerprint density at radius 3 is 2.40 bits per heavy atom. The van der Waals surface area contributed by atoms with Crippen LogP contribution >= 0.6 is 0 Å². The molecule has 0 aliphatic rings. The van der Waals surface area contributed by atoms with E-state index in [9.17, 15) is 0 Å². The molecule has 0 fully saturated rings. The van der Waals surface area contributed by atoms with Crippen LogP contribution < -0.4 is 11.3 Å². The fourth-order valence-electron chi connectivity index (χ4n) is 0.798. The van der Waals surface area contributed by atoms with E-state index in [4.69, 9.17) is 5.84 Å². The molecular weight excluding hydrogens is 124 g/mol. The van der Waals surface area contributed by atoms with Crippen LogP contribution in [0.4, 0.5) is 0 Å². The summed E-state index contributed by atoms with van der Waals surface area (Å²) in [5.74, 6) is 8.41. The maximum absolute atomic E-state index is 8.41. The number of nitrogens with zero attached hydrogens (tertiary/aromatic N) is 2. The maximum Gasteiger partial charge on any atom is 0.265 e. The van der Waals surface area contributed by atoms with Gasteiger partial charge in [-0.05, 0) is 0 Å². The van der Waals surface area contributed by atoms with Crippen LogP contribution in [0.25, 0.3) is 0 Å². The van der Waals surface area contributed by atoms with Crippen LogP contribution in [-0.4, -0.2) is 0 Å². The number of hydrogen-bond donors (Lipinski definition) is 0. The van der Waals surface area contributed by atoms with Crippen molar-refractivity contribution in [2.75, 3.05) is 0 Å². The predicted octanol–water partition coefficient (Wildman–Crippen LogP) is 1.34. The van der Waals surface area contributed by atoms with Gasteiger partial charge >= 0.3 is 0 Å². The molecule has 0 aliphatic heterocycles. The molecule has 1 aromatic rings. The summed E-state index contributed by atoms with van der Waals surface area (Å²) in [5.41, 5.74) is 4.19. The summed E-state index contributed by atoms with van der Waals surface area (Å²) >= 11 is 0. The molecule has 0 N–H and O–H groups in total. The van der Waals surface area contributed by atoms with Gasteiger partial charge in [0.05, 0.1) is 0 Å². The molecule has 0 saturated carbocycles. The van der Waals surface area contributed by atoms with Crippen LogP contribution in [0.3, 0.4) is 0 Å². The smallest absolute Gasteiger partial charge is 0.0622 e. The van der Waals surface area contributed by atoms with Crippen LogP contribution in [0.15, 0.2) is 30.3 Å². The van der Waals surface area contributed by atoms with Crippen LogP contribution in [0.2, 0.25) is 0 Å². The Bertz CT molecular complexity index is 184. The van der Waals surface area contributed by atoms with Gasteiger partial charge in [-0.1, -0.05) is 30.3 Å². The Labute approximate surface area is 61.0 Å². The molecule has 0 aliphatic carbocycles. The van der Waals surface area contributed by atoms with Gasteiger partial charge in [0.1, 0.15) is 0 Å². The average molecular weight is 133 g/mol. The van der Waals surface area contributed by atoms with Crippen molar-refractivity contribution in [2.45, 2.75) is 13.0 Å². The summed E-state index contributed by atoms with van der Waals surface area (Å²) < 4.78 is 0. The van der Waals surface area contributed by atoms with Crippen LogP contribution in [-0.2, 0) is 0 Å². The summed E-state index contributed by atoms with van der Waals surface area (Å²) in [5, 5.41) is 0. The highest BCUT2D eigenvalue weighted by molar-refractivity contribution is 5.17. The van der Waals surface area contributed by atoms with Crippen molar-refractivity contribution in [1.82, 2.24) is 11.3 Å². The zero-order valence-corrected chi connectivity index (χ0v) is 5.86. The van der Waals surface area contributed by atoms with Crippen molar-refractivity contribution in [3.05, 3.63) is 35.9 Å². The molecule has 0 bridgehead atoms. The Hall–Kier alpha value is -0.860. The van der Waals surface area contributed by atoms with Crippen molar-refractivity contribution in [3.63, 3.8) is 0 Å². The number of rotatable bonds is 2. The fourth-order valence-corrected chi connectivity index (χ4v) is 0.798. The van der Waals surface area contributed by atoms with E-state index < -0.39 is 0 Å². The second-order valence-corrected chi connectivity index (χ2v) is 2.20. The van der Waals surface area contributed by atoms with Crippen LogP contribution in [0, 0.1) is 0 Å². The number of hydrogen-bond acceptors (Lipinski definition) is 0. The number of benzene rings is 1. The van der Waals surface area contributed by atoms with Crippen molar-refractivity contribution in [3.8, 4) is 0 Å². The molecular formula is C8H9N2+. The minimum atomic E-state index is -0.110. The lowest BCUT2D eigenvalue weighted by Gasteiger charge is -1.93. The van der Waals surface area contributed by atoms with Gasteiger partial charge in [0, 0.05) is 12.5 Å². The Morgan fingerprint density at radius 1 is 1.30 bits per heavy atom. The first-order chi connectivity index (χ1) is 4.84. The molecule has 0 saturated heterocycles. The predicted molar refractivity (Wildman–Crippen MR) is 39.1 cm³/mol. The van der Waals surface area contributed by atoms with Crippen molar-refractivity contribution in [1.29, 1.82) is 0 Å². The Kier molecular flexibility index (Phi) is 2.42. The highest BCUT2D eigenvalue weighted by Gasteiger charge is 2.16. The average Bonchev–Trinajstić information content (AvgIpc) is 2.05. The van der Waals surface area contributed by atoms with E-state index in [2.05, 4.69) is 5.43 Å². The summed E-state index contributed by atoms with van der Waals surface area (Å²) in [6, 6.07) is 9.55. The van der Waals surface area contributed by atoms with Gasteiger partial charge in [0.25, 0.3) is 5.84 Å². The van der Waals surface area contributed by atoms with Crippen molar-refractivity contribution in [2.24, 2.45) is 0 Å². The minimum absolute atomic E-state index is 0.110. The SMILES string of the molecule is CC([N+][N])c1ccccc1. The molecule has 1 aromatic carbocycles. The quantitative estimate of drug-likeness (QED) is 0.546. The van der Waals surface area contributed by atoms with E-state index >= 15 is 0 Å². The second-order valence-electron chi connectivity index (χ2n) is 2.20. The standard InChI is InChI=1S/C8H9N2/c1-7(10-9)8-5-3-2-4-6-8/h2-7H,1H3/q+1. The molecule has 0 heterocycles. The van der Waals surface area contributed by atoms with Crippen molar-refractivity contribution >= 4 is 0 Å². The monoisotopic (exact) mass is 133 g/mol. The summed E-state index contributed by atoms with van der Waals surface area (Å²) in [4.78, 5) is 0. The highest BCUT2D eigenvalue weighted by atomic mass is 15.2. The molecule has 10 heavy (non-hydrogen) atoms. The Balaban J connectivity index is 2.75. The largest absolute Gasteiger partial charge is 0.265 e. The molecule has 1 unspecified atom stereocenters. The van der Waals surface area contributed by atoms with Gasteiger partial charge in [-0.25, -0.2) is 0 Å². The van der Waals surface area contributed by atoms with Gasteiger partial charge in [0.2, 0.25) is 11.5 Å². The first-order valence-corrected chi connectivity index (χ1v) is 3.23. The molecule has 2 nitrogen and oxygen atoms in total. The third kappa shape index (κ3) is 1.56. The maximum atomic E-state index is 8.41. The minimum Gasteiger partial charge on any atom is -0.0622 e. The summed E-state index contributed by atoms with van der Waals surface area (Å²) in [7, 11) is 0. The van der Waals surface area contributed by atoms with Gasteiger partial charge in [-0.15, -0.1) is 0 Å². The van der Waals surface area contributed by atoms with E-state index in [0.717, 1.165) is 5.56 Å². The molecule has 4 radical (unpaired) electrons. The van der Waals surface area contributed by atoms with E-state index in [1.165, 1.54) is 0 Å². The molecule has 2 heteroatoms. The van der Waals surface area contributed by atoms with Gasteiger partial charge in [-0.2, -0.15) is 0 Å². The lowest BCUT2D eigenvalue weighted by atomic mass is 10.1. The molecule has 0 spiro atoms. The molecule has 50 valence electrons. The summed E-state index contributed by atoms with van der Waals surface area (Å²) in [6.45, 7) is 1.84. The first-order valence-electron chi connectivity index (χ1n) is 3.23. The molecule has 0 aromatic heterocycles. The van der Waals surface area contributed by atoms with E-state index in [1.807, 2.05) is 37.3 Å². The topological polar surface area (TPSA) is 36.4 Å². The summed E-state index contributed by atoms with van der Waals surface area (Å²) in [6.07, 6.45) is 0. The highest BCUT2D eigenvalue weighted by Crippen LogP contribution is 2.10. The normalized spacial score (nSPS) is 13.0. The second kappa shape index (κ2) is 3.34. The van der Waals surface area contributed by atoms with E-state index in [1.54, 1.807) is 0 Å².